The van der Waals surface area contributed by atoms with Gasteiger partial charge in [-0.3, -0.25) is 9.59 Å². The molecule has 21 heavy (non-hydrogen) atoms. The summed E-state index contributed by atoms with van der Waals surface area (Å²) in [5.41, 5.74) is 0.255. The predicted octanol–water partition coefficient (Wildman–Crippen LogP) is 1.59. The Labute approximate surface area is 129 Å². The number of aromatic nitrogens is 2. The lowest BCUT2D eigenvalue weighted by molar-refractivity contribution is -0.132. The molecule has 1 amide bonds. The van der Waals surface area contributed by atoms with Gasteiger partial charge in [-0.25, -0.2) is 4.68 Å². The summed E-state index contributed by atoms with van der Waals surface area (Å²) in [6, 6.07) is 0.0901. The average molecular weight is 313 g/mol. The molecule has 1 aliphatic heterocycles. The summed E-state index contributed by atoms with van der Waals surface area (Å²) in [7, 11) is 1.77. The number of likely N-dealkylation sites (N-methyl/N-ethyl adjacent to an activating group) is 1. The fourth-order valence-corrected chi connectivity index (χ4v) is 2.59. The standard InChI is InChI=1S/C14H21ClN4O2/c1-9(2)7-19-14(21)13(15)11(6-16-19)17-10-4-5-12(20)18(3)8-10/h6,9-10,17H,4-5,7-8H2,1-3H3. The van der Waals surface area contributed by atoms with E-state index >= 15 is 0 Å². The molecular formula is C14H21ClN4O2. The van der Waals surface area contributed by atoms with E-state index in [0.717, 1.165) is 6.42 Å². The topological polar surface area (TPSA) is 67.2 Å². The highest BCUT2D eigenvalue weighted by molar-refractivity contribution is 6.32. The lowest BCUT2D eigenvalue weighted by Gasteiger charge is -2.30. The Balaban J connectivity index is 2.13. The summed E-state index contributed by atoms with van der Waals surface area (Å²) in [4.78, 5) is 25.3. The number of carbonyl (C=O) groups is 1. The molecule has 1 aromatic heterocycles. The minimum Gasteiger partial charge on any atom is -0.378 e. The predicted molar refractivity (Wildman–Crippen MR) is 82.6 cm³/mol. The van der Waals surface area contributed by atoms with Crippen LogP contribution in [0.2, 0.25) is 5.02 Å². The maximum atomic E-state index is 12.1. The molecule has 1 aromatic rings. The number of hydrogen-bond acceptors (Lipinski definition) is 4. The third kappa shape index (κ3) is 3.75. The van der Waals surface area contributed by atoms with Gasteiger partial charge in [0.15, 0.2) is 0 Å². The smallest absolute Gasteiger partial charge is 0.287 e. The van der Waals surface area contributed by atoms with Crippen LogP contribution in [0.1, 0.15) is 26.7 Å². The first-order valence-electron chi connectivity index (χ1n) is 7.14. The number of amides is 1. The van der Waals surface area contributed by atoms with Gasteiger partial charge >= 0.3 is 0 Å². The van der Waals surface area contributed by atoms with Crippen molar-refractivity contribution in [2.24, 2.45) is 5.92 Å². The fourth-order valence-electron chi connectivity index (χ4n) is 2.39. The second kappa shape index (κ2) is 6.47. The monoisotopic (exact) mass is 312 g/mol. The molecule has 7 heteroatoms. The molecule has 0 saturated carbocycles. The van der Waals surface area contributed by atoms with E-state index < -0.39 is 0 Å². The molecule has 6 nitrogen and oxygen atoms in total. The van der Waals surface area contributed by atoms with Gasteiger partial charge in [-0.15, -0.1) is 0 Å². The van der Waals surface area contributed by atoms with Gasteiger partial charge in [0.2, 0.25) is 5.91 Å². The van der Waals surface area contributed by atoms with Crippen molar-refractivity contribution in [1.29, 1.82) is 0 Å². The van der Waals surface area contributed by atoms with Crippen LogP contribution in [0.5, 0.6) is 0 Å². The quantitative estimate of drug-likeness (QED) is 0.916. The summed E-state index contributed by atoms with van der Waals surface area (Å²) >= 11 is 6.15. The van der Waals surface area contributed by atoms with Gasteiger partial charge in [-0.2, -0.15) is 5.10 Å². The summed E-state index contributed by atoms with van der Waals surface area (Å²) in [5.74, 6) is 0.465. The molecule has 2 rings (SSSR count). The molecule has 1 N–H and O–H groups in total. The highest BCUT2D eigenvalue weighted by Gasteiger charge is 2.23. The Morgan fingerprint density at radius 3 is 2.81 bits per heavy atom. The molecule has 1 aliphatic rings. The Kier molecular flexibility index (Phi) is 4.88. The van der Waals surface area contributed by atoms with Gasteiger partial charge in [0.1, 0.15) is 5.02 Å². The van der Waals surface area contributed by atoms with Gasteiger partial charge in [0, 0.05) is 32.6 Å². The number of halogens is 1. The second-order valence-electron chi connectivity index (χ2n) is 5.91. The SMILES string of the molecule is CC(C)Cn1ncc(NC2CCC(=O)N(C)C2)c(Cl)c1=O. The number of piperidine rings is 1. The van der Waals surface area contributed by atoms with Gasteiger partial charge in [0.25, 0.3) is 5.56 Å². The van der Waals surface area contributed by atoms with E-state index in [-0.39, 0.29) is 22.5 Å². The van der Waals surface area contributed by atoms with Crippen LogP contribution in [-0.4, -0.2) is 40.2 Å². The zero-order valence-corrected chi connectivity index (χ0v) is 13.4. The van der Waals surface area contributed by atoms with Gasteiger partial charge in [0.05, 0.1) is 11.9 Å². The van der Waals surface area contributed by atoms with Crippen molar-refractivity contribution in [2.75, 3.05) is 18.9 Å². The van der Waals surface area contributed by atoms with E-state index in [4.69, 9.17) is 11.6 Å². The molecule has 0 aliphatic carbocycles. The average Bonchev–Trinajstić information content (AvgIpc) is 2.42. The first-order valence-corrected chi connectivity index (χ1v) is 7.52. The van der Waals surface area contributed by atoms with Crippen molar-refractivity contribution < 1.29 is 4.79 Å². The molecular weight excluding hydrogens is 292 g/mol. The van der Waals surface area contributed by atoms with Gasteiger partial charge in [-0.05, 0) is 12.3 Å². The van der Waals surface area contributed by atoms with Crippen molar-refractivity contribution in [3.63, 3.8) is 0 Å². The zero-order chi connectivity index (χ0) is 15.6. The van der Waals surface area contributed by atoms with E-state index in [1.165, 1.54) is 4.68 Å². The zero-order valence-electron chi connectivity index (χ0n) is 12.6. The summed E-state index contributed by atoms with van der Waals surface area (Å²) in [5, 5.41) is 7.53. The molecule has 1 atom stereocenters. The molecule has 0 bridgehead atoms. The summed E-state index contributed by atoms with van der Waals surface area (Å²) in [6.07, 6.45) is 2.82. The lowest BCUT2D eigenvalue weighted by atomic mass is 10.1. The number of carbonyl (C=O) groups excluding carboxylic acids is 1. The van der Waals surface area contributed by atoms with Crippen LogP contribution in [-0.2, 0) is 11.3 Å². The third-order valence-corrected chi connectivity index (χ3v) is 3.87. The van der Waals surface area contributed by atoms with Crippen molar-refractivity contribution >= 4 is 23.2 Å². The van der Waals surface area contributed by atoms with E-state index in [9.17, 15) is 9.59 Å². The Morgan fingerprint density at radius 2 is 2.19 bits per heavy atom. The van der Waals surface area contributed by atoms with E-state index in [0.29, 0.717) is 31.1 Å². The Morgan fingerprint density at radius 1 is 1.48 bits per heavy atom. The molecule has 0 radical (unpaired) electrons. The van der Waals surface area contributed by atoms with Crippen molar-refractivity contribution in [1.82, 2.24) is 14.7 Å². The van der Waals surface area contributed by atoms with Gasteiger partial charge in [-0.1, -0.05) is 25.4 Å². The molecule has 0 aromatic carbocycles. The first-order chi connectivity index (χ1) is 9.88. The molecule has 2 heterocycles. The molecule has 1 saturated heterocycles. The summed E-state index contributed by atoms with van der Waals surface area (Å²) < 4.78 is 1.38. The maximum Gasteiger partial charge on any atom is 0.287 e. The van der Waals surface area contributed by atoms with Crippen molar-refractivity contribution in [3.8, 4) is 0 Å². The normalized spacial score (nSPS) is 19.2. The molecule has 116 valence electrons. The minimum atomic E-state index is -0.282. The minimum absolute atomic E-state index is 0.0901. The number of nitrogens with zero attached hydrogens (tertiary/aromatic N) is 3. The van der Waals surface area contributed by atoms with Gasteiger partial charge < -0.3 is 10.2 Å². The van der Waals surface area contributed by atoms with Crippen LogP contribution in [0.15, 0.2) is 11.0 Å². The van der Waals surface area contributed by atoms with Crippen LogP contribution >= 0.6 is 11.6 Å². The molecule has 1 unspecified atom stereocenters. The number of hydrogen-bond donors (Lipinski definition) is 1. The van der Waals surface area contributed by atoms with Crippen LogP contribution in [0.3, 0.4) is 0 Å². The van der Waals surface area contributed by atoms with Crippen LogP contribution in [0.4, 0.5) is 5.69 Å². The van der Waals surface area contributed by atoms with E-state index in [1.807, 2.05) is 13.8 Å². The Bertz CT molecular complexity index is 585. The number of rotatable bonds is 4. The third-order valence-electron chi connectivity index (χ3n) is 3.51. The van der Waals surface area contributed by atoms with Crippen molar-refractivity contribution in [3.05, 3.63) is 21.6 Å². The van der Waals surface area contributed by atoms with E-state index in [2.05, 4.69) is 10.4 Å². The second-order valence-corrected chi connectivity index (χ2v) is 6.29. The number of nitrogens with one attached hydrogen (secondary N) is 1. The number of likely N-dealkylation sites (tertiary alicyclic amines) is 1. The maximum absolute atomic E-state index is 12.1. The fraction of sp³-hybridized carbons (Fsp3) is 0.643. The van der Waals surface area contributed by atoms with Crippen molar-refractivity contribution in [2.45, 2.75) is 39.3 Å². The van der Waals surface area contributed by atoms with Crippen LogP contribution in [0, 0.1) is 5.92 Å². The number of anilines is 1. The first kappa shape index (κ1) is 15.8. The lowest BCUT2D eigenvalue weighted by Crippen LogP contribution is -2.43. The highest BCUT2D eigenvalue weighted by Crippen LogP contribution is 2.20. The highest BCUT2D eigenvalue weighted by atomic mass is 35.5. The summed E-state index contributed by atoms with van der Waals surface area (Å²) in [6.45, 7) is 5.18. The largest absolute Gasteiger partial charge is 0.378 e. The van der Waals surface area contributed by atoms with Crippen LogP contribution < -0.4 is 10.9 Å². The molecule has 0 spiro atoms. The Hall–Kier alpha value is -1.56. The molecule has 1 fully saturated rings. The van der Waals surface area contributed by atoms with Crippen LogP contribution in [0.25, 0.3) is 0 Å². The van der Waals surface area contributed by atoms with E-state index in [1.54, 1.807) is 18.1 Å².